The Hall–Kier alpha value is -3.23. The Morgan fingerprint density at radius 2 is 1.68 bits per heavy atom. The van der Waals surface area contributed by atoms with Crippen LogP contribution in [0.4, 0.5) is 5.13 Å². The van der Waals surface area contributed by atoms with E-state index in [4.69, 9.17) is 10.1 Å². The van der Waals surface area contributed by atoms with Gasteiger partial charge in [0.15, 0.2) is 0 Å². The van der Waals surface area contributed by atoms with Crippen LogP contribution in [-0.4, -0.2) is 58.1 Å². The average molecular weight is 433 g/mol. The molecule has 0 unspecified atom stereocenters. The van der Waals surface area contributed by atoms with Crippen LogP contribution >= 0.6 is 11.3 Å². The predicted molar refractivity (Wildman–Crippen MR) is 123 cm³/mol. The van der Waals surface area contributed by atoms with Crippen molar-refractivity contribution in [3.05, 3.63) is 72.4 Å². The van der Waals surface area contributed by atoms with Crippen LogP contribution in [0.25, 0.3) is 16.2 Å². The van der Waals surface area contributed by atoms with Gasteiger partial charge in [-0.25, -0.2) is 9.50 Å². The first kappa shape index (κ1) is 19.7. The maximum atomic E-state index is 12.3. The zero-order valence-electron chi connectivity index (χ0n) is 17.1. The molecule has 7 nitrogen and oxygen atoms in total. The minimum atomic E-state index is 0.0680. The van der Waals surface area contributed by atoms with Crippen molar-refractivity contribution in [2.24, 2.45) is 0 Å². The Bertz CT molecular complexity index is 1120. The van der Waals surface area contributed by atoms with Gasteiger partial charge in [-0.05, 0) is 5.56 Å². The van der Waals surface area contributed by atoms with Crippen LogP contribution in [0.2, 0.25) is 0 Å². The maximum absolute atomic E-state index is 12.3. The first-order valence-corrected chi connectivity index (χ1v) is 11.3. The van der Waals surface area contributed by atoms with Crippen LogP contribution in [0.5, 0.6) is 0 Å². The van der Waals surface area contributed by atoms with Gasteiger partial charge in [0.1, 0.15) is 0 Å². The molecule has 8 heteroatoms. The Kier molecular flexibility index (Phi) is 5.64. The first-order valence-electron chi connectivity index (χ1n) is 10.4. The molecule has 31 heavy (non-hydrogen) atoms. The van der Waals surface area contributed by atoms with E-state index in [-0.39, 0.29) is 5.91 Å². The molecule has 0 radical (unpaired) electrons. The molecule has 0 aliphatic carbocycles. The Morgan fingerprint density at radius 3 is 2.39 bits per heavy atom. The van der Waals surface area contributed by atoms with E-state index in [9.17, 15) is 4.79 Å². The number of carbonyl (C=O) groups is 1. The van der Waals surface area contributed by atoms with Gasteiger partial charge < -0.3 is 10.2 Å². The third-order valence-electron chi connectivity index (χ3n) is 5.44. The number of amides is 1. The van der Waals surface area contributed by atoms with E-state index in [1.807, 2.05) is 59.2 Å². The number of carbonyl (C=O) groups excluding carboxylic acids is 1. The van der Waals surface area contributed by atoms with Gasteiger partial charge in [-0.1, -0.05) is 72.0 Å². The number of nitrogens with one attached hydrogen (secondary N) is 1. The first-order chi connectivity index (χ1) is 15.2. The van der Waals surface area contributed by atoms with E-state index in [1.54, 1.807) is 11.3 Å². The molecule has 158 valence electrons. The fourth-order valence-electron chi connectivity index (χ4n) is 3.72. The number of fused-ring (bicyclic) bond motifs is 1. The fraction of sp³-hybridized carbons (Fsp3) is 0.261. The number of hydrogen-bond donors (Lipinski definition) is 1. The van der Waals surface area contributed by atoms with Crippen LogP contribution < -0.4 is 10.2 Å². The van der Waals surface area contributed by atoms with E-state index in [2.05, 4.69) is 27.2 Å². The Labute approximate surface area is 184 Å². The number of anilines is 1. The molecule has 1 aliphatic rings. The molecule has 2 aromatic heterocycles. The highest BCUT2D eigenvalue weighted by Crippen LogP contribution is 2.27. The van der Waals surface area contributed by atoms with Crippen LogP contribution in [0.1, 0.15) is 5.56 Å². The van der Waals surface area contributed by atoms with Gasteiger partial charge in [-0.2, -0.15) is 0 Å². The molecule has 4 aromatic rings. The Morgan fingerprint density at radius 1 is 0.968 bits per heavy atom. The lowest BCUT2D eigenvalue weighted by Gasteiger charge is -2.33. The molecule has 0 bridgehead atoms. The smallest absolute Gasteiger partial charge is 0.234 e. The molecular weight excluding hydrogens is 408 g/mol. The normalized spacial score (nSPS) is 14.8. The summed E-state index contributed by atoms with van der Waals surface area (Å²) in [4.78, 5) is 22.4. The molecule has 2 aromatic carbocycles. The van der Waals surface area contributed by atoms with Gasteiger partial charge in [-0.15, -0.1) is 5.10 Å². The van der Waals surface area contributed by atoms with Crippen molar-refractivity contribution in [3.63, 3.8) is 0 Å². The molecule has 1 aliphatic heterocycles. The fourth-order valence-corrected chi connectivity index (χ4v) is 4.65. The summed E-state index contributed by atoms with van der Waals surface area (Å²) in [6.45, 7) is 4.40. The van der Waals surface area contributed by atoms with Crippen molar-refractivity contribution in [1.29, 1.82) is 0 Å². The van der Waals surface area contributed by atoms with Crippen molar-refractivity contribution in [3.8, 4) is 11.3 Å². The quantitative estimate of drug-likeness (QED) is 0.508. The standard InChI is InChI=1S/C23H24N6OS/c30-21(24-15-18-7-3-1-4-8-18)17-27-11-13-28(14-12-27)23-26-29-16-20(25-22(29)31-23)19-9-5-2-6-10-19/h1-10,16H,11-15,17H2,(H,24,30). The van der Waals surface area contributed by atoms with Crippen LogP contribution in [-0.2, 0) is 11.3 Å². The van der Waals surface area contributed by atoms with Gasteiger partial charge in [0.2, 0.25) is 16.0 Å². The molecule has 1 saturated heterocycles. The number of aromatic nitrogens is 3. The zero-order valence-corrected chi connectivity index (χ0v) is 18.0. The summed E-state index contributed by atoms with van der Waals surface area (Å²) >= 11 is 1.61. The number of benzene rings is 2. The SMILES string of the molecule is O=C(CN1CCN(c2nn3cc(-c4ccccc4)nc3s2)CC1)NCc1ccccc1. The van der Waals surface area contributed by atoms with Crippen LogP contribution in [0.15, 0.2) is 66.9 Å². The largest absolute Gasteiger partial charge is 0.351 e. The molecular formula is C23H24N6OS. The van der Waals surface area contributed by atoms with Gasteiger partial charge in [0.25, 0.3) is 0 Å². The predicted octanol–water partition coefficient (Wildman–Crippen LogP) is 2.90. The van der Waals surface area contributed by atoms with Crippen LogP contribution in [0, 0.1) is 0 Å². The minimum Gasteiger partial charge on any atom is -0.351 e. The minimum absolute atomic E-state index is 0.0680. The van der Waals surface area contributed by atoms with Crippen molar-refractivity contribution < 1.29 is 4.79 Å². The second-order valence-corrected chi connectivity index (χ2v) is 8.56. The highest BCUT2D eigenvalue weighted by Gasteiger charge is 2.22. The van der Waals surface area contributed by atoms with E-state index in [1.165, 1.54) is 0 Å². The topological polar surface area (TPSA) is 65.8 Å². The molecule has 1 N–H and O–H groups in total. The summed E-state index contributed by atoms with van der Waals surface area (Å²) in [5, 5.41) is 8.72. The van der Waals surface area contributed by atoms with E-state index < -0.39 is 0 Å². The van der Waals surface area contributed by atoms with Crippen molar-refractivity contribution in [2.75, 3.05) is 37.6 Å². The summed E-state index contributed by atoms with van der Waals surface area (Å²) in [6, 6.07) is 20.1. The molecule has 0 atom stereocenters. The lowest BCUT2D eigenvalue weighted by Crippen LogP contribution is -2.49. The summed E-state index contributed by atoms with van der Waals surface area (Å²) < 4.78 is 1.87. The van der Waals surface area contributed by atoms with Gasteiger partial charge >= 0.3 is 0 Å². The summed E-state index contributed by atoms with van der Waals surface area (Å²) in [5.74, 6) is 0.0680. The van der Waals surface area contributed by atoms with Gasteiger partial charge in [0, 0.05) is 38.3 Å². The summed E-state index contributed by atoms with van der Waals surface area (Å²) in [7, 11) is 0. The monoisotopic (exact) mass is 432 g/mol. The maximum Gasteiger partial charge on any atom is 0.234 e. The molecule has 3 heterocycles. The highest BCUT2D eigenvalue weighted by atomic mass is 32.1. The summed E-state index contributed by atoms with van der Waals surface area (Å²) in [6.07, 6.45) is 1.98. The zero-order chi connectivity index (χ0) is 21.0. The Balaban J connectivity index is 1.14. The second-order valence-electron chi connectivity index (χ2n) is 7.63. The van der Waals surface area contributed by atoms with Crippen LogP contribution in [0.3, 0.4) is 0 Å². The highest BCUT2D eigenvalue weighted by molar-refractivity contribution is 7.20. The van der Waals surface area contributed by atoms with Gasteiger partial charge in [0.05, 0.1) is 18.4 Å². The number of imidazole rings is 1. The second kappa shape index (κ2) is 8.87. The third kappa shape index (κ3) is 4.60. The van der Waals surface area contributed by atoms with Crippen molar-refractivity contribution in [2.45, 2.75) is 6.54 Å². The number of nitrogens with zero attached hydrogens (tertiary/aromatic N) is 5. The molecule has 1 fully saturated rings. The van der Waals surface area contributed by atoms with E-state index >= 15 is 0 Å². The lowest BCUT2D eigenvalue weighted by molar-refractivity contribution is -0.122. The van der Waals surface area contributed by atoms with Crippen molar-refractivity contribution in [1.82, 2.24) is 24.8 Å². The molecule has 0 spiro atoms. The molecule has 0 saturated carbocycles. The van der Waals surface area contributed by atoms with Gasteiger partial charge in [-0.3, -0.25) is 9.69 Å². The third-order valence-corrected chi connectivity index (χ3v) is 6.43. The summed E-state index contributed by atoms with van der Waals surface area (Å²) in [5.41, 5.74) is 3.16. The van der Waals surface area contributed by atoms with Crippen molar-refractivity contribution >= 4 is 27.3 Å². The molecule has 1 amide bonds. The number of piperazine rings is 1. The molecule has 5 rings (SSSR count). The van der Waals surface area contributed by atoms with E-state index in [0.29, 0.717) is 13.1 Å². The van der Waals surface area contributed by atoms with E-state index in [0.717, 1.165) is 53.1 Å². The number of hydrogen-bond acceptors (Lipinski definition) is 6. The lowest BCUT2D eigenvalue weighted by atomic mass is 10.2. The average Bonchev–Trinajstić information content (AvgIpc) is 3.39. The number of rotatable bonds is 6.